The van der Waals surface area contributed by atoms with Gasteiger partial charge in [-0.2, -0.15) is 0 Å². The van der Waals surface area contributed by atoms with Crippen molar-refractivity contribution in [3.05, 3.63) is 27.4 Å². The first-order valence-corrected chi connectivity index (χ1v) is 3.65. The molecule has 1 aromatic heterocycles. The molecule has 0 fully saturated rings. The minimum Gasteiger partial charge on any atom is -0.272 e. The molecule has 1 aromatic rings. The minimum absolute atomic E-state index is 0.201. The lowest BCUT2D eigenvalue weighted by atomic mass is 10.5. The summed E-state index contributed by atoms with van der Waals surface area (Å²) in [7, 11) is 0. The third-order valence-electron chi connectivity index (χ3n) is 1.29. The Hall–Kier alpha value is -1.10. The van der Waals surface area contributed by atoms with Crippen molar-refractivity contribution in [1.82, 2.24) is 14.8 Å². The molecule has 1 heterocycles. The van der Waals surface area contributed by atoms with Gasteiger partial charge in [0.1, 0.15) is 0 Å². The minimum atomic E-state index is -0.201. The zero-order chi connectivity index (χ0) is 8.27. The quantitative estimate of drug-likeness (QED) is 0.511. The number of allylic oxidation sites excluding steroid dienone is 2. The second kappa shape index (κ2) is 3.34. The van der Waals surface area contributed by atoms with Crippen LogP contribution in [0.3, 0.4) is 0 Å². The zero-order valence-corrected chi connectivity index (χ0v) is 6.94. The van der Waals surface area contributed by atoms with Gasteiger partial charge in [0, 0.05) is 6.54 Å². The van der Waals surface area contributed by atoms with Gasteiger partial charge in [-0.1, -0.05) is 12.2 Å². The van der Waals surface area contributed by atoms with Crippen LogP contribution in [0.15, 0.2) is 16.9 Å². The molecule has 1 rings (SSSR count). The van der Waals surface area contributed by atoms with Crippen molar-refractivity contribution >= 4 is 12.2 Å². The molecule has 5 heteroatoms. The fourth-order valence-electron chi connectivity index (χ4n) is 0.711. The Bertz CT molecular complexity index is 329. The van der Waals surface area contributed by atoms with Crippen molar-refractivity contribution in [2.75, 3.05) is 0 Å². The number of hydrogen-bond acceptors (Lipinski definition) is 2. The van der Waals surface area contributed by atoms with Crippen molar-refractivity contribution in [3.8, 4) is 0 Å². The molecule has 0 radical (unpaired) electrons. The molecule has 0 aromatic carbocycles. The van der Waals surface area contributed by atoms with E-state index in [1.165, 1.54) is 4.57 Å². The Morgan fingerprint density at radius 3 is 2.82 bits per heavy atom. The Morgan fingerprint density at radius 1 is 1.64 bits per heavy atom. The van der Waals surface area contributed by atoms with Crippen molar-refractivity contribution in [2.24, 2.45) is 0 Å². The molecule has 0 aliphatic heterocycles. The number of hydrogen-bond donors (Lipinski definition) is 2. The Labute approximate surface area is 68.5 Å². The predicted octanol–water partition coefficient (Wildman–Crippen LogP) is 0.810. The lowest BCUT2D eigenvalue weighted by Gasteiger charge is -1.90. The highest BCUT2D eigenvalue weighted by Crippen LogP contribution is 1.82. The van der Waals surface area contributed by atoms with E-state index in [9.17, 15) is 4.79 Å². The van der Waals surface area contributed by atoms with Crippen LogP contribution in [-0.4, -0.2) is 14.8 Å². The molecule has 0 aliphatic rings. The topological polar surface area (TPSA) is 53.6 Å². The van der Waals surface area contributed by atoms with Crippen LogP contribution >= 0.6 is 12.2 Å². The van der Waals surface area contributed by atoms with E-state index in [-0.39, 0.29) is 5.69 Å². The van der Waals surface area contributed by atoms with Crippen LogP contribution in [0.4, 0.5) is 0 Å². The summed E-state index contributed by atoms with van der Waals surface area (Å²) in [4.78, 5) is 10.9. The normalized spacial score (nSPS) is 11.0. The van der Waals surface area contributed by atoms with Gasteiger partial charge in [-0.3, -0.25) is 9.67 Å². The van der Waals surface area contributed by atoms with Gasteiger partial charge in [0.05, 0.1) is 0 Å². The van der Waals surface area contributed by atoms with Crippen molar-refractivity contribution in [1.29, 1.82) is 0 Å². The van der Waals surface area contributed by atoms with Gasteiger partial charge in [0.2, 0.25) is 0 Å². The Kier molecular flexibility index (Phi) is 2.43. The molecule has 0 bridgehead atoms. The summed E-state index contributed by atoms with van der Waals surface area (Å²) >= 11 is 4.83. The fraction of sp³-hybridized carbons (Fsp3) is 0.333. The van der Waals surface area contributed by atoms with Crippen LogP contribution in [-0.2, 0) is 6.54 Å². The second-order valence-corrected chi connectivity index (χ2v) is 2.43. The molecule has 11 heavy (non-hydrogen) atoms. The van der Waals surface area contributed by atoms with Crippen LogP contribution in [0, 0.1) is 4.77 Å². The van der Waals surface area contributed by atoms with Crippen LogP contribution in [0.5, 0.6) is 0 Å². The third kappa shape index (κ3) is 1.68. The average Bonchev–Trinajstić information content (AvgIpc) is 2.29. The molecule has 0 atom stereocenters. The van der Waals surface area contributed by atoms with Gasteiger partial charge in [-0.05, 0) is 19.1 Å². The van der Waals surface area contributed by atoms with E-state index in [0.29, 0.717) is 11.3 Å². The molecular weight excluding hydrogens is 162 g/mol. The van der Waals surface area contributed by atoms with Crippen LogP contribution in [0.1, 0.15) is 6.92 Å². The van der Waals surface area contributed by atoms with E-state index in [4.69, 9.17) is 12.2 Å². The maximum Gasteiger partial charge on any atom is 0.342 e. The van der Waals surface area contributed by atoms with E-state index in [1.807, 2.05) is 19.1 Å². The van der Waals surface area contributed by atoms with Gasteiger partial charge >= 0.3 is 5.69 Å². The summed E-state index contributed by atoms with van der Waals surface area (Å²) < 4.78 is 1.86. The first-order valence-electron chi connectivity index (χ1n) is 3.24. The number of H-pyrrole nitrogens is 2. The van der Waals surface area contributed by atoms with Crippen LogP contribution in [0.25, 0.3) is 0 Å². The van der Waals surface area contributed by atoms with Crippen molar-refractivity contribution in [3.63, 3.8) is 0 Å². The van der Waals surface area contributed by atoms with Crippen LogP contribution in [0.2, 0.25) is 0 Å². The zero-order valence-electron chi connectivity index (χ0n) is 6.13. The molecule has 0 spiro atoms. The van der Waals surface area contributed by atoms with Crippen LogP contribution < -0.4 is 5.69 Å². The number of rotatable bonds is 2. The van der Waals surface area contributed by atoms with Gasteiger partial charge in [-0.15, -0.1) is 0 Å². The summed E-state index contributed by atoms with van der Waals surface area (Å²) in [6.45, 7) is 2.42. The molecule has 0 saturated heterocycles. The monoisotopic (exact) mass is 171 g/mol. The number of nitrogens with zero attached hydrogens (tertiary/aromatic N) is 1. The summed E-state index contributed by atoms with van der Waals surface area (Å²) in [6.07, 6.45) is 3.73. The number of aromatic nitrogens is 3. The smallest absolute Gasteiger partial charge is 0.272 e. The van der Waals surface area contributed by atoms with E-state index in [0.717, 1.165) is 0 Å². The van der Waals surface area contributed by atoms with E-state index < -0.39 is 0 Å². The Balaban J connectivity index is 3.02. The summed E-state index contributed by atoms with van der Waals surface area (Å²) in [5.74, 6) is 0. The highest BCUT2D eigenvalue weighted by atomic mass is 32.1. The highest BCUT2D eigenvalue weighted by molar-refractivity contribution is 7.71. The third-order valence-corrected chi connectivity index (χ3v) is 1.61. The van der Waals surface area contributed by atoms with Gasteiger partial charge in [0.25, 0.3) is 0 Å². The first-order chi connectivity index (χ1) is 5.25. The molecule has 0 amide bonds. The molecule has 4 nitrogen and oxygen atoms in total. The second-order valence-electron chi connectivity index (χ2n) is 2.04. The summed E-state index contributed by atoms with van der Waals surface area (Å²) in [5, 5.41) is 4.94. The lowest BCUT2D eigenvalue weighted by Crippen LogP contribution is -2.15. The average molecular weight is 171 g/mol. The number of aromatic amines is 2. The maximum atomic E-state index is 10.9. The summed E-state index contributed by atoms with van der Waals surface area (Å²) in [5.41, 5.74) is -0.201. The van der Waals surface area contributed by atoms with E-state index >= 15 is 0 Å². The Morgan fingerprint density at radius 2 is 2.36 bits per heavy atom. The van der Waals surface area contributed by atoms with E-state index in [2.05, 4.69) is 10.2 Å². The molecule has 0 unspecified atom stereocenters. The molecule has 2 N–H and O–H groups in total. The van der Waals surface area contributed by atoms with E-state index in [1.54, 1.807) is 0 Å². The lowest BCUT2D eigenvalue weighted by molar-refractivity contribution is 0.769. The van der Waals surface area contributed by atoms with Crippen molar-refractivity contribution < 1.29 is 0 Å². The highest BCUT2D eigenvalue weighted by Gasteiger charge is 1.94. The molecule has 60 valence electrons. The standard InChI is InChI=1S/C6H9N3OS/c1-2-3-4-9-5(10)7-8-6(9)11/h2-3H,4H2,1H3,(H,7,10)(H,8,11)/b3-2+. The predicted molar refractivity (Wildman–Crippen MR) is 45.1 cm³/mol. The van der Waals surface area contributed by atoms with Gasteiger partial charge < -0.3 is 0 Å². The summed E-state index contributed by atoms with van der Waals surface area (Å²) in [6, 6.07) is 0. The SMILES string of the molecule is C/C=C/Cn1c(=O)[nH][nH]c1=S. The molecular formula is C6H9N3OS. The molecule has 0 saturated carbocycles. The largest absolute Gasteiger partial charge is 0.342 e. The van der Waals surface area contributed by atoms with Crippen molar-refractivity contribution in [2.45, 2.75) is 13.5 Å². The van der Waals surface area contributed by atoms with Gasteiger partial charge in [-0.25, -0.2) is 9.89 Å². The molecule has 0 aliphatic carbocycles. The first kappa shape index (κ1) is 8.00. The maximum absolute atomic E-state index is 10.9. The fourth-order valence-corrected chi connectivity index (χ4v) is 0.919. The van der Waals surface area contributed by atoms with Gasteiger partial charge in [0.15, 0.2) is 4.77 Å². The number of nitrogens with one attached hydrogen (secondary N) is 2.